The van der Waals surface area contributed by atoms with E-state index in [1.807, 2.05) is 29.2 Å². The molecule has 0 bridgehead atoms. The maximum atomic E-state index is 14.6. The molecular formula is C27H22F3N7O. The van der Waals surface area contributed by atoms with Crippen LogP contribution in [0.5, 0.6) is 0 Å². The van der Waals surface area contributed by atoms with Gasteiger partial charge in [0.25, 0.3) is 11.8 Å². The summed E-state index contributed by atoms with van der Waals surface area (Å²) in [5.74, 6) is -2.53. The lowest BCUT2D eigenvalue weighted by atomic mass is 10.1. The van der Waals surface area contributed by atoms with E-state index in [0.29, 0.717) is 42.4 Å². The number of likely N-dealkylation sites (tertiary alicyclic amines) is 1. The minimum atomic E-state index is -2.56. The zero-order chi connectivity index (χ0) is 26.1. The van der Waals surface area contributed by atoms with Gasteiger partial charge in [0.2, 0.25) is 5.82 Å². The van der Waals surface area contributed by atoms with Gasteiger partial charge in [-0.15, -0.1) is 5.10 Å². The molecule has 1 saturated heterocycles. The Morgan fingerprint density at radius 2 is 1.63 bits per heavy atom. The maximum Gasteiger partial charge on any atom is 0.281 e. The van der Waals surface area contributed by atoms with Gasteiger partial charge in [-0.2, -0.15) is 4.98 Å². The van der Waals surface area contributed by atoms with Crippen LogP contribution in [0.25, 0.3) is 39.9 Å². The summed E-state index contributed by atoms with van der Waals surface area (Å²) in [5.41, 5.74) is 3.44. The summed E-state index contributed by atoms with van der Waals surface area (Å²) in [7, 11) is 0. The number of para-hydroxylation sites is 1. The van der Waals surface area contributed by atoms with Gasteiger partial charge in [-0.05, 0) is 29.8 Å². The molecule has 0 atom stereocenters. The summed E-state index contributed by atoms with van der Waals surface area (Å²) in [6.45, 7) is 1.34. The van der Waals surface area contributed by atoms with Crippen LogP contribution in [0.1, 0.15) is 18.4 Å². The molecule has 0 saturated carbocycles. The van der Waals surface area contributed by atoms with E-state index >= 15 is 0 Å². The van der Waals surface area contributed by atoms with Gasteiger partial charge in [0.1, 0.15) is 17.2 Å². The standard InChI is InChI=1S/C27H22F3N7O/c28-21-3-1-2-4-22(21)37-24(19-9-13-31-14-10-19)23(33-35-37)26-32-25(34-38-26)20-7-5-18(6-8-20)17-36-15-11-27(29,30)12-16-36/h1-10,13-14H,11-12,15-17H2. The smallest absolute Gasteiger partial charge is 0.281 e. The van der Waals surface area contributed by atoms with Gasteiger partial charge in [0.05, 0.1) is 0 Å². The summed E-state index contributed by atoms with van der Waals surface area (Å²) < 4.78 is 48.4. The Kier molecular flexibility index (Phi) is 6.20. The van der Waals surface area contributed by atoms with Crippen LogP contribution >= 0.6 is 0 Å². The van der Waals surface area contributed by atoms with Crippen LogP contribution in [0, 0.1) is 5.82 Å². The highest BCUT2D eigenvalue weighted by atomic mass is 19.3. The van der Waals surface area contributed by atoms with E-state index in [9.17, 15) is 13.2 Å². The minimum Gasteiger partial charge on any atom is -0.332 e. The van der Waals surface area contributed by atoms with Crippen molar-refractivity contribution in [1.82, 2.24) is 35.0 Å². The van der Waals surface area contributed by atoms with Crippen LogP contribution < -0.4 is 0 Å². The van der Waals surface area contributed by atoms with Crippen molar-refractivity contribution >= 4 is 0 Å². The molecule has 11 heteroatoms. The molecule has 0 spiro atoms. The van der Waals surface area contributed by atoms with Crippen molar-refractivity contribution in [2.45, 2.75) is 25.3 Å². The maximum absolute atomic E-state index is 14.6. The van der Waals surface area contributed by atoms with E-state index in [4.69, 9.17) is 4.52 Å². The summed E-state index contributed by atoms with van der Waals surface area (Å²) in [4.78, 5) is 10.6. The predicted molar refractivity (Wildman–Crippen MR) is 133 cm³/mol. The fraction of sp³-hybridized carbons (Fsp3) is 0.222. The third-order valence-electron chi connectivity index (χ3n) is 6.54. The predicted octanol–water partition coefficient (Wildman–Crippen LogP) is 5.42. The van der Waals surface area contributed by atoms with Crippen molar-refractivity contribution in [3.05, 3.63) is 84.4 Å². The van der Waals surface area contributed by atoms with E-state index < -0.39 is 11.7 Å². The third-order valence-corrected chi connectivity index (χ3v) is 6.54. The third kappa shape index (κ3) is 4.80. The van der Waals surface area contributed by atoms with E-state index in [1.165, 1.54) is 10.7 Å². The Morgan fingerprint density at radius 1 is 0.895 bits per heavy atom. The zero-order valence-electron chi connectivity index (χ0n) is 20.1. The van der Waals surface area contributed by atoms with Crippen LogP contribution in [0.3, 0.4) is 0 Å². The minimum absolute atomic E-state index is 0.111. The van der Waals surface area contributed by atoms with Crippen LogP contribution in [-0.4, -0.2) is 54.0 Å². The molecule has 192 valence electrons. The van der Waals surface area contributed by atoms with E-state index in [2.05, 4.69) is 25.4 Å². The molecule has 38 heavy (non-hydrogen) atoms. The van der Waals surface area contributed by atoms with Crippen LogP contribution in [-0.2, 0) is 6.54 Å². The molecule has 3 aromatic heterocycles. The van der Waals surface area contributed by atoms with Crippen LogP contribution in [0.2, 0.25) is 0 Å². The second-order valence-electron chi connectivity index (χ2n) is 9.14. The van der Waals surface area contributed by atoms with Crippen LogP contribution in [0.15, 0.2) is 77.6 Å². The molecule has 2 aromatic carbocycles. The number of benzene rings is 2. The number of rotatable bonds is 6. The Labute approximate surface area is 215 Å². The van der Waals surface area contributed by atoms with Gasteiger partial charge in [-0.1, -0.05) is 46.8 Å². The molecular weight excluding hydrogens is 495 g/mol. The van der Waals surface area contributed by atoms with Crippen molar-refractivity contribution in [3.8, 4) is 39.9 Å². The van der Waals surface area contributed by atoms with Crippen molar-refractivity contribution < 1.29 is 17.7 Å². The highest BCUT2D eigenvalue weighted by Crippen LogP contribution is 2.33. The average molecular weight is 518 g/mol. The Hall–Kier alpha value is -4.38. The Balaban J connectivity index is 1.28. The molecule has 4 heterocycles. The van der Waals surface area contributed by atoms with Gasteiger partial charge in [0, 0.05) is 56.0 Å². The van der Waals surface area contributed by atoms with Gasteiger partial charge in [-0.3, -0.25) is 9.88 Å². The van der Waals surface area contributed by atoms with Crippen LogP contribution in [0.4, 0.5) is 13.2 Å². The number of alkyl halides is 2. The first-order chi connectivity index (χ1) is 18.5. The van der Waals surface area contributed by atoms with Gasteiger partial charge < -0.3 is 4.52 Å². The molecule has 0 N–H and O–H groups in total. The van der Waals surface area contributed by atoms with E-state index in [-0.39, 0.29) is 24.4 Å². The molecule has 0 radical (unpaired) electrons. The van der Waals surface area contributed by atoms with E-state index in [1.54, 1.807) is 42.7 Å². The van der Waals surface area contributed by atoms with Crippen molar-refractivity contribution in [1.29, 1.82) is 0 Å². The summed E-state index contributed by atoms with van der Waals surface area (Å²) in [6.07, 6.45) is 3.02. The topological polar surface area (TPSA) is 85.8 Å². The van der Waals surface area contributed by atoms with Gasteiger partial charge >= 0.3 is 0 Å². The lowest BCUT2D eigenvalue weighted by Gasteiger charge is -2.31. The molecule has 0 aliphatic carbocycles. The number of pyridine rings is 1. The van der Waals surface area contributed by atoms with E-state index in [0.717, 1.165) is 11.1 Å². The van der Waals surface area contributed by atoms with Gasteiger partial charge in [-0.25, -0.2) is 17.9 Å². The molecule has 5 aromatic rings. The normalized spacial score (nSPS) is 15.6. The molecule has 1 aliphatic rings. The molecule has 8 nitrogen and oxygen atoms in total. The fourth-order valence-electron chi connectivity index (χ4n) is 4.48. The quantitative estimate of drug-likeness (QED) is 0.297. The summed E-state index contributed by atoms with van der Waals surface area (Å²) >= 11 is 0. The monoisotopic (exact) mass is 517 g/mol. The zero-order valence-corrected chi connectivity index (χ0v) is 20.1. The second kappa shape index (κ2) is 9.82. The summed E-state index contributed by atoms with van der Waals surface area (Å²) in [5, 5.41) is 12.5. The number of piperidine rings is 1. The van der Waals surface area contributed by atoms with Gasteiger partial charge in [0.15, 0.2) is 5.69 Å². The first-order valence-electron chi connectivity index (χ1n) is 12.1. The largest absolute Gasteiger partial charge is 0.332 e. The molecule has 6 rings (SSSR count). The molecule has 0 unspecified atom stereocenters. The Bertz CT molecular complexity index is 1540. The first kappa shape index (κ1) is 24.0. The van der Waals surface area contributed by atoms with Crippen molar-refractivity contribution in [2.75, 3.05) is 13.1 Å². The summed E-state index contributed by atoms with van der Waals surface area (Å²) in [6, 6.07) is 17.4. The fourth-order valence-corrected chi connectivity index (χ4v) is 4.48. The lowest BCUT2D eigenvalue weighted by Crippen LogP contribution is -2.38. The number of aromatic nitrogens is 6. The highest BCUT2D eigenvalue weighted by Gasteiger charge is 2.33. The first-order valence-corrected chi connectivity index (χ1v) is 12.1. The molecule has 1 aliphatic heterocycles. The average Bonchev–Trinajstić information content (AvgIpc) is 3.59. The second-order valence-corrected chi connectivity index (χ2v) is 9.14. The number of hydrogen-bond donors (Lipinski definition) is 0. The lowest BCUT2D eigenvalue weighted by molar-refractivity contribution is -0.0566. The molecule has 1 fully saturated rings. The number of hydrogen-bond acceptors (Lipinski definition) is 7. The Morgan fingerprint density at radius 3 is 2.37 bits per heavy atom. The van der Waals surface area contributed by atoms with Crippen molar-refractivity contribution in [3.63, 3.8) is 0 Å². The number of nitrogens with zero attached hydrogens (tertiary/aromatic N) is 7. The SMILES string of the molecule is Fc1ccccc1-n1nnc(-c2nc(-c3ccc(CN4CCC(F)(F)CC4)cc3)no2)c1-c1ccncc1. The highest BCUT2D eigenvalue weighted by molar-refractivity contribution is 5.76. The van der Waals surface area contributed by atoms with Crippen molar-refractivity contribution in [2.24, 2.45) is 0 Å². The number of halogens is 3. The molecule has 0 amide bonds.